The number of amides is 2. The van der Waals surface area contributed by atoms with Gasteiger partial charge in [0, 0.05) is 44.5 Å². The van der Waals surface area contributed by atoms with Crippen molar-refractivity contribution in [3.63, 3.8) is 0 Å². The van der Waals surface area contributed by atoms with E-state index in [1.54, 1.807) is 19.5 Å². The molecule has 1 aromatic rings. The van der Waals surface area contributed by atoms with E-state index in [0.29, 0.717) is 37.5 Å². The van der Waals surface area contributed by atoms with Gasteiger partial charge >= 0.3 is 0 Å². The van der Waals surface area contributed by atoms with Crippen LogP contribution in [0.2, 0.25) is 0 Å². The van der Waals surface area contributed by atoms with Gasteiger partial charge in [-0.05, 0) is 31.7 Å². The Morgan fingerprint density at radius 3 is 2.40 bits per heavy atom. The Morgan fingerprint density at radius 2 is 1.84 bits per heavy atom. The molecule has 0 bridgehead atoms. The highest BCUT2D eigenvalue weighted by Gasteiger charge is 2.34. The largest absolute Gasteiger partial charge is 0.353 e. The van der Waals surface area contributed by atoms with Crippen LogP contribution in [0.25, 0.3) is 0 Å². The Bertz CT molecular complexity index is 760. The maximum absolute atomic E-state index is 12.8. The molecule has 7 nitrogen and oxygen atoms in total. The summed E-state index contributed by atoms with van der Waals surface area (Å²) in [6.07, 6.45) is 3.16. The van der Waals surface area contributed by atoms with Crippen LogP contribution in [0.5, 0.6) is 0 Å². The summed E-state index contributed by atoms with van der Waals surface area (Å²) in [5.74, 6) is -0.274. The Labute approximate surface area is 152 Å². The standard InChI is InChI=1S/C16H23N3O4S2/c1-18(2)16(21)12-9-14(24-10-12)25(22,23)19-7-5-11(6-8-19)15(20)17-13-3-4-13/h9-11,13H,3-8H2,1-2H3,(H,17,20). The second-order valence-corrected chi connectivity index (χ2v) is 9.89. The van der Waals surface area contributed by atoms with E-state index in [2.05, 4.69) is 5.32 Å². The molecule has 1 saturated heterocycles. The van der Waals surface area contributed by atoms with Crippen LogP contribution in [0, 0.1) is 5.92 Å². The zero-order valence-corrected chi connectivity index (χ0v) is 16.0. The van der Waals surface area contributed by atoms with Gasteiger partial charge in [-0.1, -0.05) is 0 Å². The van der Waals surface area contributed by atoms with Crippen LogP contribution >= 0.6 is 11.3 Å². The zero-order valence-electron chi connectivity index (χ0n) is 14.4. The zero-order chi connectivity index (χ0) is 18.2. The van der Waals surface area contributed by atoms with Crippen molar-refractivity contribution in [2.45, 2.75) is 35.9 Å². The third-order valence-electron chi connectivity index (χ3n) is 4.57. The molecule has 0 radical (unpaired) electrons. The van der Waals surface area contributed by atoms with Gasteiger partial charge in [-0.2, -0.15) is 4.31 Å². The number of hydrogen-bond acceptors (Lipinski definition) is 5. The number of nitrogens with one attached hydrogen (secondary N) is 1. The predicted molar refractivity (Wildman–Crippen MR) is 95.0 cm³/mol. The topological polar surface area (TPSA) is 86.8 Å². The first kappa shape index (κ1) is 18.3. The maximum atomic E-state index is 12.8. The highest BCUT2D eigenvalue weighted by atomic mass is 32.2. The fourth-order valence-electron chi connectivity index (χ4n) is 2.85. The second-order valence-electron chi connectivity index (χ2n) is 6.82. The molecule has 2 aliphatic rings. The van der Waals surface area contributed by atoms with E-state index < -0.39 is 10.0 Å². The van der Waals surface area contributed by atoms with Gasteiger partial charge < -0.3 is 10.2 Å². The number of sulfonamides is 1. The van der Waals surface area contributed by atoms with Crippen molar-refractivity contribution in [1.82, 2.24) is 14.5 Å². The Kier molecular flexibility index (Phi) is 5.17. The third-order valence-corrected chi connectivity index (χ3v) is 7.88. The van der Waals surface area contributed by atoms with Crippen LogP contribution in [0.4, 0.5) is 0 Å². The quantitative estimate of drug-likeness (QED) is 0.823. The van der Waals surface area contributed by atoms with Gasteiger partial charge in [0.15, 0.2) is 0 Å². The molecule has 0 atom stereocenters. The van der Waals surface area contributed by atoms with E-state index in [4.69, 9.17) is 0 Å². The van der Waals surface area contributed by atoms with E-state index in [9.17, 15) is 18.0 Å². The first-order valence-corrected chi connectivity index (χ1v) is 10.7. The van der Waals surface area contributed by atoms with Gasteiger partial charge in [0.1, 0.15) is 4.21 Å². The molecule has 9 heteroatoms. The molecule has 1 aliphatic carbocycles. The number of rotatable bonds is 5. The van der Waals surface area contributed by atoms with Gasteiger partial charge in [-0.3, -0.25) is 9.59 Å². The lowest BCUT2D eigenvalue weighted by Crippen LogP contribution is -2.43. The lowest BCUT2D eigenvalue weighted by Gasteiger charge is -2.30. The third kappa shape index (κ3) is 4.04. The number of carbonyl (C=O) groups excluding carboxylic acids is 2. The summed E-state index contributed by atoms with van der Waals surface area (Å²) >= 11 is 1.06. The number of nitrogens with zero attached hydrogens (tertiary/aromatic N) is 2. The molecule has 2 heterocycles. The van der Waals surface area contributed by atoms with Crippen LogP contribution in [0.15, 0.2) is 15.7 Å². The molecule has 0 aromatic carbocycles. The molecule has 2 fully saturated rings. The van der Waals surface area contributed by atoms with Crippen LogP contribution in [0.3, 0.4) is 0 Å². The normalized spacial score (nSPS) is 19.6. The molecular formula is C16H23N3O4S2. The molecular weight excluding hydrogens is 362 g/mol. The SMILES string of the molecule is CN(C)C(=O)c1csc(S(=O)(=O)N2CCC(C(=O)NC3CC3)CC2)c1. The van der Waals surface area contributed by atoms with E-state index in [1.807, 2.05) is 0 Å². The molecule has 0 unspecified atom stereocenters. The van der Waals surface area contributed by atoms with Crippen molar-refractivity contribution in [3.8, 4) is 0 Å². The van der Waals surface area contributed by atoms with Gasteiger partial charge in [0.05, 0.1) is 5.56 Å². The summed E-state index contributed by atoms with van der Waals surface area (Å²) in [6, 6.07) is 1.77. The van der Waals surface area contributed by atoms with Crippen molar-refractivity contribution in [3.05, 3.63) is 17.0 Å². The molecule has 1 aromatic heterocycles. The van der Waals surface area contributed by atoms with Crippen molar-refractivity contribution in [2.75, 3.05) is 27.2 Å². The summed E-state index contributed by atoms with van der Waals surface area (Å²) in [5.41, 5.74) is 0.382. The summed E-state index contributed by atoms with van der Waals surface area (Å²) in [6.45, 7) is 0.667. The first-order valence-electron chi connectivity index (χ1n) is 8.39. The van der Waals surface area contributed by atoms with Crippen LogP contribution < -0.4 is 5.32 Å². The molecule has 2 amide bonds. The van der Waals surface area contributed by atoms with Gasteiger partial charge in [-0.15, -0.1) is 11.3 Å². The van der Waals surface area contributed by atoms with Crippen molar-refractivity contribution in [1.29, 1.82) is 0 Å². The number of thiophene rings is 1. The lowest BCUT2D eigenvalue weighted by molar-refractivity contribution is -0.126. The van der Waals surface area contributed by atoms with E-state index in [1.165, 1.54) is 15.3 Å². The van der Waals surface area contributed by atoms with Crippen LogP contribution in [-0.4, -0.2) is 62.7 Å². The Balaban J connectivity index is 1.63. The molecule has 138 valence electrons. The van der Waals surface area contributed by atoms with Crippen LogP contribution in [0.1, 0.15) is 36.0 Å². The average molecular weight is 386 g/mol. The van der Waals surface area contributed by atoms with Crippen molar-refractivity contribution < 1.29 is 18.0 Å². The van der Waals surface area contributed by atoms with Gasteiger partial charge in [0.2, 0.25) is 5.91 Å². The van der Waals surface area contributed by atoms with Crippen molar-refractivity contribution >= 4 is 33.2 Å². The molecule has 1 aliphatic heterocycles. The van der Waals surface area contributed by atoms with Gasteiger partial charge in [0.25, 0.3) is 15.9 Å². The lowest BCUT2D eigenvalue weighted by atomic mass is 9.97. The monoisotopic (exact) mass is 385 g/mol. The fourth-order valence-corrected chi connectivity index (χ4v) is 5.63. The molecule has 1 N–H and O–H groups in total. The minimum atomic E-state index is -3.61. The fraction of sp³-hybridized carbons (Fsp3) is 0.625. The molecule has 3 rings (SSSR count). The molecule has 25 heavy (non-hydrogen) atoms. The number of hydrogen-bond donors (Lipinski definition) is 1. The number of piperidine rings is 1. The summed E-state index contributed by atoms with van der Waals surface area (Å²) < 4.78 is 27.1. The molecule has 1 saturated carbocycles. The predicted octanol–water partition coefficient (Wildman–Crippen LogP) is 1.13. The highest BCUT2D eigenvalue weighted by molar-refractivity contribution is 7.91. The van der Waals surface area contributed by atoms with E-state index >= 15 is 0 Å². The smallest absolute Gasteiger partial charge is 0.254 e. The van der Waals surface area contributed by atoms with Crippen LogP contribution in [-0.2, 0) is 14.8 Å². The van der Waals surface area contributed by atoms with Gasteiger partial charge in [-0.25, -0.2) is 8.42 Å². The number of carbonyl (C=O) groups is 2. The minimum absolute atomic E-state index is 0.0505. The Morgan fingerprint density at radius 1 is 1.20 bits per heavy atom. The Hall–Kier alpha value is -1.45. The summed E-state index contributed by atoms with van der Waals surface area (Å²) in [4.78, 5) is 25.5. The molecule has 0 spiro atoms. The summed E-state index contributed by atoms with van der Waals surface area (Å²) in [7, 11) is -0.350. The van der Waals surface area contributed by atoms with Crippen molar-refractivity contribution in [2.24, 2.45) is 5.92 Å². The average Bonchev–Trinajstić information content (AvgIpc) is 3.25. The highest BCUT2D eigenvalue weighted by Crippen LogP contribution is 2.29. The maximum Gasteiger partial charge on any atom is 0.254 e. The van der Waals surface area contributed by atoms with E-state index in [-0.39, 0.29) is 21.9 Å². The minimum Gasteiger partial charge on any atom is -0.353 e. The van der Waals surface area contributed by atoms with E-state index in [0.717, 1.165) is 24.2 Å². The second kappa shape index (κ2) is 7.05. The summed E-state index contributed by atoms with van der Waals surface area (Å²) in [5, 5.41) is 4.56. The first-order chi connectivity index (χ1) is 11.8.